The molecular formula is C16H22BrNO2. The van der Waals surface area contributed by atoms with Crippen molar-refractivity contribution in [2.24, 2.45) is 0 Å². The van der Waals surface area contributed by atoms with Crippen LogP contribution in [0.1, 0.15) is 30.7 Å². The minimum absolute atomic E-state index is 0.0964. The van der Waals surface area contributed by atoms with E-state index in [9.17, 15) is 0 Å². The van der Waals surface area contributed by atoms with Crippen molar-refractivity contribution in [2.75, 3.05) is 26.9 Å². The van der Waals surface area contributed by atoms with E-state index in [0.29, 0.717) is 12.0 Å². The van der Waals surface area contributed by atoms with Gasteiger partial charge in [0, 0.05) is 37.2 Å². The first-order valence-corrected chi connectivity index (χ1v) is 8.12. The van der Waals surface area contributed by atoms with E-state index in [1.54, 1.807) is 7.11 Å². The lowest BCUT2D eigenvalue weighted by atomic mass is 9.75. The number of nitrogens with one attached hydrogen (secondary N) is 1. The molecule has 110 valence electrons. The van der Waals surface area contributed by atoms with Gasteiger partial charge in [-0.3, -0.25) is 0 Å². The van der Waals surface area contributed by atoms with Crippen molar-refractivity contribution < 1.29 is 9.47 Å². The number of hydrogen-bond acceptors (Lipinski definition) is 3. The molecule has 1 saturated carbocycles. The molecule has 0 spiro atoms. The second-order valence-electron chi connectivity index (χ2n) is 5.99. The molecule has 0 radical (unpaired) electrons. The summed E-state index contributed by atoms with van der Waals surface area (Å²) < 4.78 is 12.3. The molecule has 1 aromatic rings. The number of benzene rings is 1. The zero-order chi connectivity index (χ0) is 14.0. The van der Waals surface area contributed by atoms with E-state index in [1.807, 2.05) is 0 Å². The average molecular weight is 340 g/mol. The summed E-state index contributed by atoms with van der Waals surface area (Å²) in [6.45, 7) is 2.44. The van der Waals surface area contributed by atoms with Crippen LogP contribution >= 0.6 is 15.9 Å². The Bertz CT molecular complexity index is 454. The molecule has 0 bridgehead atoms. The van der Waals surface area contributed by atoms with Crippen molar-refractivity contribution in [1.82, 2.24) is 5.32 Å². The molecule has 1 atom stereocenters. The normalized spacial score (nSPS) is 33.1. The summed E-state index contributed by atoms with van der Waals surface area (Å²) in [7, 11) is 1.79. The van der Waals surface area contributed by atoms with Crippen LogP contribution in [0, 0.1) is 0 Å². The molecule has 2 aliphatic rings. The second-order valence-corrected chi connectivity index (χ2v) is 6.91. The molecule has 4 heteroatoms. The van der Waals surface area contributed by atoms with Crippen molar-refractivity contribution in [1.29, 1.82) is 0 Å². The van der Waals surface area contributed by atoms with E-state index >= 15 is 0 Å². The van der Waals surface area contributed by atoms with Gasteiger partial charge in [-0.2, -0.15) is 0 Å². The Kier molecular flexibility index (Phi) is 4.46. The number of rotatable bonds is 5. The predicted octanol–water partition coefficient (Wildman–Crippen LogP) is 3.09. The van der Waals surface area contributed by atoms with Crippen molar-refractivity contribution in [3.63, 3.8) is 0 Å². The summed E-state index contributed by atoms with van der Waals surface area (Å²) in [5.74, 6) is 0.698. The van der Waals surface area contributed by atoms with Crippen LogP contribution in [0.2, 0.25) is 0 Å². The summed E-state index contributed by atoms with van der Waals surface area (Å²) in [4.78, 5) is 0. The number of ether oxygens (including phenoxy) is 2. The highest BCUT2D eigenvalue weighted by Crippen LogP contribution is 2.38. The van der Waals surface area contributed by atoms with Crippen LogP contribution in [0.5, 0.6) is 0 Å². The van der Waals surface area contributed by atoms with Crippen LogP contribution in [-0.2, 0) is 9.47 Å². The Labute approximate surface area is 129 Å². The molecule has 0 amide bonds. The van der Waals surface area contributed by atoms with Crippen molar-refractivity contribution in [3.05, 3.63) is 34.3 Å². The highest BCUT2D eigenvalue weighted by Gasteiger charge is 2.37. The van der Waals surface area contributed by atoms with Crippen molar-refractivity contribution >= 4 is 15.9 Å². The number of halogens is 1. The molecule has 0 aromatic heterocycles. The minimum Gasteiger partial charge on any atom is -0.378 e. The second kappa shape index (κ2) is 6.14. The zero-order valence-corrected chi connectivity index (χ0v) is 13.5. The van der Waals surface area contributed by atoms with E-state index in [0.717, 1.165) is 26.2 Å². The van der Waals surface area contributed by atoms with Gasteiger partial charge >= 0.3 is 0 Å². The van der Waals surface area contributed by atoms with Gasteiger partial charge in [-0.1, -0.05) is 28.1 Å². The van der Waals surface area contributed by atoms with Crippen molar-refractivity contribution in [3.8, 4) is 0 Å². The molecule has 1 N–H and O–H groups in total. The Morgan fingerprint density at radius 2 is 2.30 bits per heavy atom. The van der Waals surface area contributed by atoms with Crippen LogP contribution in [0.15, 0.2) is 28.7 Å². The maximum absolute atomic E-state index is 5.65. The Morgan fingerprint density at radius 3 is 2.95 bits per heavy atom. The van der Waals surface area contributed by atoms with Crippen LogP contribution in [-0.4, -0.2) is 38.5 Å². The smallest absolute Gasteiger partial charge is 0.106 e. The van der Waals surface area contributed by atoms with Crippen molar-refractivity contribution in [2.45, 2.75) is 36.8 Å². The monoisotopic (exact) mass is 339 g/mol. The third-order valence-electron chi connectivity index (χ3n) is 4.67. The van der Waals surface area contributed by atoms with E-state index in [1.165, 1.54) is 22.9 Å². The summed E-state index contributed by atoms with van der Waals surface area (Å²) >= 11 is 3.54. The third kappa shape index (κ3) is 3.08. The van der Waals surface area contributed by atoms with Gasteiger partial charge in [0.2, 0.25) is 0 Å². The largest absolute Gasteiger partial charge is 0.378 e. The lowest BCUT2D eigenvalue weighted by Crippen LogP contribution is -2.49. The van der Waals surface area contributed by atoms with Crippen LogP contribution < -0.4 is 5.32 Å². The Balaban J connectivity index is 1.46. The zero-order valence-electron chi connectivity index (χ0n) is 11.9. The number of hydrogen-bond donors (Lipinski definition) is 1. The quantitative estimate of drug-likeness (QED) is 0.894. The average Bonchev–Trinajstić information content (AvgIpc) is 2.86. The van der Waals surface area contributed by atoms with Gasteiger partial charge in [0.1, 0.15) is 5.60 Å². The highest BCUT2D eigenvalue weighted by molar-refractivity contribution is 9.10. The fourth-order valence-corrected chi connectivity index (χ4v) is 3.53. The Hall–Kier alpha value is -0.420. The molecular weight excluding hydrogens is 318 g/mol. The highest BCUT2D eigenvalue weighted by atomic mass is 79.9. The summed E-state index contributed by atoms with van der Waals surface area (Å²) in [6.07, 6.45) is 3.44. The fraction of sp³-hybridized carbons (Fsp3) is 0.625. The van der Waals surface area contributed by atoms with Gasteiger partial charge in [0.25, 0.3) is 0 Å². The first kappa shape index (κ1) is 14.5. The standard InChI is InChI=1S/C16H22BrNO2/c1-19-16(5-6-20-11-16)10-18-15-8-13(9-15)12-3-2-4-14(17)7-12/h2-4,7,13,15,18H,5-6,8-11H2,1H3. The number of methoxy groups -OCH3 is 1. The Morgan fingerprint density at radius 1 is 1.45 bits per heavy atom. The van der Waals surface area contributed by atoms with Gasteiger partial charge in [-0.25, -0.2) is 0 Å². The topological polar surface area (TPSA) is 30.5 Å². The van der Waals surface area contributed by atoms with Gasteiger partial charge in [-0.15, -0.1) is 0 Å². The fourth-order valence-electron chi connectivity index (χ4n) is 3.11. The van der Waals surface area contributed by atoms with Gasteiger partial charge in [-0.05, 0) is 36.5 Å². The van der Waals surface area contributed by atoms with Gasteiger partial charge < -0.3 is 14.8 Å². The summed E-state index contributed by atoms with van der Waals surface area (Å²) in [6, 6.07) is 9.29. The van der Waals surface area contributed by atoms with Gasteiger partial charge in [0.15, 0.2) is 0 Å². The van der Waals surface area contributed by atoms with Gasteiger partial charge in [0.05, 0.1) is 6.61 Å². The first-order valence-electron chi connectivity index (χ1n) is 7.32. The SMILES string of the molecule is COC1(CNC2CC(c3cccc(Br)c3)C2)CCOC1. The third-order valence-corrected chi connectivity index (χ3v) is 5.16. The van der Waals surface area contributed by atoms with E-state index in [4.69, 9.17) is 9.47 Å². The molecule has 1 aliphatic carbocycles. The molecule has 1 heterocycles. The molecule has 1 aliphatic heterocycles. The predicted molar refractivity (Wildman–Crippen MR) is 83.1 cm³/mol. The minimum atomic E-state index is -0.0964. The summed E-state index contributed by atoms with van der Waals surface area (Å²) in [5.41, 5.74) is 1.35. The maximum Gasteiger partial charge on any atom is 0.106 e. The molecule has 3 nitrogen and oxygen atoms in total. The lowest BCUT2D eigenvalue weighted by Gasteiger charge is -2.38. The lowest BCUT2D eigenvalue weighted by molar-refractivity contribution is -0.0196. The molecule has 1 aromatic carbocycles. The van der Waals surface area contributed by atoms with Crippen LogP contribution in [0.3, 0.4) is 0 Å². The van der Waals surface area contributed by atoms with Crippen LogP contribution in [0.4, 0.5) is 0 Å². The molecule has 1 saturated heterocycles. The summed E-state index contributed by atoms with van der Waals surface area (Å²) in [5, 5.41) is 3.65. The van der Waals surface area contributed by atoms with Crippen LogP contribution in [0.25, 0.3) is 0 Å². The van der Waals surface area contributed by atoms with E-state index in [2.05, 4.69) is 45.5 Å². The van der Waals surface area contributed by atoms with E-state index in [-0.39, 0.29) is 5.60 Å². The molecule has 20 heavy (non-hydrogen) atoms. The molecule has 2 fully saturated rings. The first-order chi connectivity index (χ1) is 9.71. The van der Waals surface area contributed by atoms with E-state index < -0.39 is 0 Å². The molecule has 3 rings (SSSR count). The molecule has 1 unspecified atom stereocenters. The maximum atomic E-state index is 5.65.